The van der Waals surface area contributed by atoms with Crippen molar-refractivity contribution in [2.45, 2.75) is 57.9 Å². The minimum Gasteiger partial charge on any atom is -0.481 e. The molecule has 0 aromatic heterocycles. The van der Waals surface area contributed by atoms with Crippen LogP contribution in [0.15, 0.2) is 24.3 Å². The summed E-state index contributed by atoms with van der Waals surface area (Å²) < 4.78 is 0. The number of benzene rings is 1. The molecule has 0 spiro atoms. The van der Waals surface area contributed by atoms with Gasteiger partial charge in [-0.15, -0.1) is 0 Å². The van der Waals surface area contributed by atoms with Crippen molar-refractivity contribution >= 4 is 23.3 Å². The van der Waals surface area contributed by atoms with Crippen LogP contribution in [0.4, 0.5) is 5.69 Å². The summed E-state index contributed by atoms with van der Waals surface area (Å²) in [5, 5.41) is 15.2. The molecule has 0 bridgehead atoms. The Kier molecular flexibility index (Phi) is 8.46. The highest BCUT2D eigenvalue weighted by Gasteiger charge is 2.28. The summed E-state index contributed by atoms with van der Waals surface area (Å²) in [7, 11) is 0. The van der Waals surface area contributed by atoms with Crippen LogP contribution >= 0.6 is 0 Å². The van der Waals surface area contributed by atoms with Gasteiger partial charge in [-0.3, -0.25) is 14.4 Å². The molecule has 1 aromatic rings. The van der Waals surface area contributed by atoms with Gasteiger partial charge in [0.05, 0.1) is 12.5 Å². The molecule has 3 aliphatic heterocycles. The fourth-order valence-electron chi connectivity index (χ4n) is 4.92. The number of carbonyl (C=O) groups is 3. The smallest absolute Gasteiger partial charge is 0.305 e. The molecule has 0 saturated carbocycles. The van der Waals surface area contributed by atoms with Gasteiger partial charge in [0.15, 0.2) is 5.78 Å². The van der Waals surface area contributed by atoms with E-state index >= 15 is 0 Å². The Bertz CT molecular complexity index is 768. The molecule has 3 aliphatic rings. The van der Waals surface area contributed by atoms with Crippen LogP contribution in [0.3, 0.4) is 0 Å². The lowest BCUT2D eigenvalue weighted by molar-refractivity contribution is -0.139. The van der Waals surface area contributed by atoms with Gasteiger partial charge in [-0.2, -0.15) is 0 Å². The van der Waals surface area contributed by atoms with Crippen LogP contribution in [0, 0.1) is 11.8 Å². The standard InChI is InChI=1S/C12H22N2O.C12H13NO3/c1-10(15)14-8-4-12(5-9-14)11-2-6-13-7-3-11;14-11-6-5-8-3-1-2-4-9(8)13-10(11)7-12(15)16/h11-13H,2-9H2,1H3;1-4,10,13H,5-7H2,(H,15,16). The molecular weight excluding hydrogens is 394 g/mol. The summed E-state index contributed by atoms with van der Waals surface area (Å²) in [4.78, 5) is 35.5. The molecule has 7 heteroatoms. The molecule has 0 radical (unpaired) electrons. The molecule has 170 valence electrons. The van der Waals surface area contributed by atoms with Gasteiger partial charge in [-0.05, 0) is 68.7 Å². The molecule has 3 N–H and O–H groups in total. The van der Waals surface area contributed by atoms with E-state index in [-0.39, 0.29) is 18.1 Å². The number of ketones is 1. The maximum Gasteiger partial charge on any atom is 0.305 e. The van der Waals surface area contributed by atoms with Gasteiger partial charge in [-0.1, -0.05) is 18.2 Å². The third kappa shape index (κ3) is 6.79. The van der Waals surface area contributed by atoms with E-state index in [9.17, 15) is 14.4 Å². The number of fused-ring (bicyclic) bond motifs is 1. The van der Waals surface area contributed by atoms with E-state index in [0.717, 1.165) is 36.2 Å². The Hall–Kier alpha value is -2.41. The number of para-hydroxylation sites is 1. The van der Waals surface area contributed by atoms with E-state index in [0.29, 0.717) is 12.8 Å². The number of carboxylic acid groups (broad SMARTS) is 1. The normalized spacial score (nSPS) is 22.4. The summed E-state index contributed by atoms with van der Waals surface area (Å²) in [6.45, 7) is 6.05. The largest absolute Gasteiger partial charge is 0.481 e. The maximum absolute atomic E-state index is 11.7. The monoisotopic (exact) mass is 429 g/mol. The van der Waals surface area contributed by atoms with Gasteiger partial charge >= 0.3 is 5.97 Å². The molecule has 1 amide bonds. The molecule has 1 aromatic carbocycles. The van der Waals surface area contributed by atoms with Gasteiger partial charge in [0.2, 0.25) is 5.91 Å². The number of aryl methyl sites for hydroxylation is 1. The van der Waals surface area contributed by atoms with Crippen molar-refractivity contribution in [2.75, 3.05) is 31.5 Å². The second kappa shape index (κ2) is 11.3. The van der Waals surface area contributed by atoms with Crippen LogP contribution in [-0.2, 0) is 20.8 Å². The fraction of sp³-hybridized carbons (Fsp3) is 0.625. The lowest BCUT2D eigenvalue weighted by atomic mass is 9.79. The van der Waals surface area contributed by atoms with E-state index in [1.54, 1.807) is 6.92 Å². The molecule has 2 saturated heterocycles. The highest BCUT2D eigenvalue weighted by molar-refractivity contribution is 5.91. The Labute approximate surface area is 184 Å². The number of hydrogen-bond donors (Lipinski definition) is 3. The molecule has 31 heavy (non-hydrogen) atoms. The number of anilines is 1. The second-order valence-electron chi connectivity index (χ2n) is 8.85. The number of hydrogen-bond acceptors (Lipinski definition) is 5. The zero-order valence-electron chi connectivity index (χ0n) is 18.4. The van der Waals surface area contributed by atoms with Gasteiger partial charge in [0.1, 0.15) is 0 Å². The maximum atomic E-state index is 11.7. The lowest BCUT2D eigenvalue weighted by Crippen LogP contribution is -2.41. The van der Waals surface area contributed by atoms with Crippen LogP contribution in [0.1, 0.15) is 51.0 Å². The third-order valence-corrected chi connectivity index (χ3v) is 6.79. The number of carboxylic acids is 1. The lowest BCUT2D eigenvalue weighted by Gasteiger charge is -2.37. The first-order chi connectivity index (χ1) is 14.9. The first kappa shape index (κ1) is 23.3. The minimum absolute atomic E-state index is 0.0291. The van der Waals surface area contributed by atoms with Crippen molar-refractivity contribution in [1.82, 2.24) is 10.2 Å². The first-order valence-corrected chi connectivity index (χ1v) is 11.5. The summed E-state index contributed by atoms with van der Waals surface area (Å²) in [6, 6.07) is 7.03. The van der Waals surface area contributed by atoms with Crippen LogP contribution < -0.4 is 10.6 Å². The second-order valence-corrected chi connectivity index (χ2v) is 8.85. The van der Waals surface area contributed by atoms with Gasteiger partial charge in [0.25, 0.3) is 0 Å². The molecule has 3 heterocycles. The van der Waals surface area contributed by atoms with Crippen LogP contribution in [0.2, 0.25) is 0 Å². The summed E-state index contributed by atoms with van der Waals surface area (Å²) in [5.41, 5.74) is 1.95. The summed E-state index contributed by atoms with van der Waals surface area (Å²) in [6.07, 6.45) is 6.05. The van der Waals surface area contributed by atoms with E-state index in [1.807, 2.05) is 29.2 Å². The highest BCUT2D eigenvalue weighted by atomic mass is 16.4. The van der Waals surface area contributed by atoms with E-state index in [4.69, 9.17) is 5.11 Å². The number of carbonyl (C=O) groups excluding carboxylic acids is 2. The van der Waals surface area contributed by atoms with Gasteiger partial charge in [-0.25, -0.2) is 0 Å². The number of piperidine rings is 2. The molecule has 2 fully saturated rings. The van der Waals surface area contributed by atoms with Crippen molar-refractivity contribution in [2.24, 2.45) is 11.8 Å². The Morgan fingerprint density at radius 3 is 2.32 bits per heavy atom. The zero-order chi connectivity index (χ0) is 22.2. The first-order valence-electron chi connectivity index (χ1n) is 11.5. The Morgan fingerprint density at radius 2 is 1.68 bits per heavy atom. The van der Waals surface area contributed by atoms with Crippen molar-refractivity contribution in [1.29, 1.82) is 0 Å². The van der Waals surface area contributed by atoms with E-state index in [1.165, 1.54) is 38.8 Å². The number of Topliss-reactive ketones (excluding diaryl/α,β-unsaturated/α-hetero) is 1. The molecule has 7 nitrogen and oxygen atoms in total. The number of likely N-dealkylation sites (tertiary alicyclic amines) is 1. The highest BCUT2D eigenvalue weighted by Crippen LogP contribution is 2.30. The minimum atomic E-state index is -0.953. The van der Waals surface area contributed by atoms with Crippen molar-refractivity contribution < 1.29 is 19.5 Å². The van der Waals surface area contributed by atoms with Gasteiger partial charge in [0, 0.05) is 32.1 Å². The molecule has 0 aliphatic carbocycles. The SMILES string of the molecule is CC(=O)N1CCC(C2CCNCC2)CC1.O=C(O)CC1Nc2ccccc2CCC1=O. The Morgan fingerprint density at radius 1 is 1.03 bits per heavy atom. The quantitative estimate of drug-likeness (QED) is 0.683. The molecule has 4 rings (SSSR count). The number of amides is 1. The van der Waals surface area contributed by atoms with E-state index in [2.05, 4.69) is 10.6 Å². The summed E-state index contributed by atoms with van der Waals surface area (Å²) in [5.74, 6) is 1.06. The molecular formula is C24H35N3O4. The number of nitrogens with zero attached hydrogens (tertiary/aromatic N) is 1. The van der Waals surface area contributed by atoms with Crippen molar-refractivity contribution in [3.63, 3.8) is 0 Å². The van der Waals surface area contributed by atoms with Crippen molar-refractivity contribution in [3.8, 4) is 0 Å². The summed E-state index contributed by atoms with van der Waals surface area (Å²) >= 11 is 0. The average Bonchev–Trinajstić information content (AvgIpc) is 2.93. The zero-order valence-corrected chi connectivity index (χ0v) is 18.4. The predicted octanol–water partition coefficient (Wildman–Crippen LogP) is 2.70. The Balaban J connectivity index is 0.000000176. The number of nitrogens with one attached hydrogen (secondary N) is 2. The molecule has 1 unspecified atom stereocenters. The predicted molar refractivity (Wildman–Crippen MR) is 120 cm³/mol. The topological polar surface area (TPSA) is 98.7 Å². The number of rotatable bonds is 3. The van der Waals surface area contributed by atoms with Gasteiger partial charge < -0.3 is 20.6 Å². The third-order valence-electron chi connectivity index (χ3n) is 6.79. The van der Waals surface area contributed by atoms with Crippen LogP contribution in [-0.4, -0.2) is 59.9 Å². The fourth-order valence-corrected chi connectivity index (χ4v) is 4.92. The van der Waals surface area contributed by atoms with Crippen LogP contribution in [0.5, 0.6) is 0 Å². The number of aliphatic carboxylic acids is 1. The van der Waals surface area contributed by atoms with Crippen molar-refractivity contribution in [3.05, 3.63) is 29.8 Å². The average molecular weight is 430 g/mol. The van der Waals surface area contributed by atoms with Crippen LogP contribution in [0.25, 0.3) is 0 Å². The van der Waals surface area contributed by atoms with E-state index < -0.39 is 12.0 Å². The molecule has 1 atom stereocenters.